The van der Waals surface area contributed by atoms with Gasteiger partial charge in [-0.3, -0.25) is 4.79 Å². The highest BCUT2D eigenvalue weighted by molar-refractivity contribution is 5.94. The minimum absolute atomic E-state index is 0.0575. The Hall–Kier alpha value is -3.22. The molecular formula is C20H22N6O. The van der Waals surface area contributed by atoms with E-state index in [4.69, 9.17) is 5.73 Å². The van der Waals surface area contributed by atoms with Crippen molar-refractivity contribution in [1.29, 1.82) is 0 Å². The van der Waals surface area contributed by atoms with Gasteiger partial charge < -0.3 is 15.5 Å². The molecule has 138 valence electrons. The first kappa shape index (κ1) is 17.2. The molecule has 1 fully saturated rings. The van der Waals surface area contributed by atoms with E-state index in [-0.39, 0.29) is 5.91 Å². The lowest BCUT2D eigenvalue weighted by Gasteiger charge is -2.34. The first-order valence-corrected chi connectivity index (χ1v) is 9.03. The standard InChI is InChI=1S/C20H22N6O/c1-13-12-14(2)22-18-16(13)17(21)23-20(24-18)26-10-8-25(9-11-26)19(27)15-6-4-3-5-7-15/h3-7,12H,8-11H2,1-2H3,(H2,21,22,23,24). The maximum atomic E-state index is 12.6. The molecule has 1 aliphatic heterocycles. The molecule has 7 nitrogen and oxygen atoms in total. The van der Waals surface area contributed by atoms with Crippen molar-refractivity contribution < 1.29 is 4.79 Å². The summed E-state index contributed by atoms with van der Waals surface area (Å²) in [4.78, 5) is 30.2. The zero-order valence-electron chi connectivity index (χ0n) is 15.5. The van der Waals surface area contributed by atoms with E-state index in [2.05, 4.69) is 19.9 Å². The Morgan fingerprint density at radius 1 is 1.00 bits per heavy atom. The maximum absolute atomic E-state index is 12.6. The van der Waals surface area contributed by atoms with Crippen LogP contribution >= 0.6 is 0 Å². The van der Waals surface area contributed by atoms with E-state index < -0.39 is 0 Å². The summed E-state index contributed by atoms with van der Waals surface area (Å²) in [5.74, 6) is 1.08. The lowest BCUT2D eigenvalue weighted by atomic mass is 10.1. The van der Waals surface area contributed by atoms with Gasteiger partial charge in [0.2, 0.25) is 5.95 Å². The number of nitrogens with two attached hydrogens (primary N) is 1. The molecule has 3 aromatic rings. The van der Waals surface area contributed by atoms with Gasteiger partial charge in [0.1, 0.15) is 5.82 Å². The Labute approximate surface area is 157 Å². The number of aromatic nitrogens is 3. The third kappa shape index (κ3) is 3.28. The molecule has 0 spiro atoms. The van der Waals surface area contributed by atoms with Gasteiger partial charge in [-0.05, 0) is 37.6 Å². The lowest BCUT2D eigenvalue weighted by molar-refractivity contribution is 0.0746. The molecule has 1 aliphatic rings. The minimum atomic E-state index is 0.0575. The van der Waals surface area contributed by atoms with E-state index in [0.717, 1.165) is 16.6 Å². The number of pyridine rings is 1. The van der Waals surface area contributed by atoms with E-state index in [1.165, 1.54) is 0 Å². The van der Waals surface area contributed by atoms with Gasteiger partial charge in [-0.1, -0.05) is 18.2 Å². The first-order valence-electron chi connectivity index (χ1n) is 9.03. The lowest BCUT2D eigenvalue weighted by Crippen LogP contribution is -2.49. The van der Waals surface area contributed by atoms with Crippen LogP contribution in [0.2, 0.25) is 0 Å². The summed E-state index contributed by atoms with van der Waals surface area (Å²) in [5.41, 5.74) is 9.45. The van der Waals surface area contributed by atoms with Crippen LogP contribution in [0.3, 0.4) is 0 Å². The molecule has 2 aromatic heterocycles. The molecule has 0 atom stereocenters. The van der Waals surface area contributed by atoms with Gasteiger partial charge in [0.15, 0.2) is 5.65 Å². The SMILES string of the molecule is Cc1cc(C)c2c(N)nc(N3CCN(C(=O)c4ccccc4)CC3)nc2n1. The quantitative estimate of drug-likeness (QED) is 0.752. The fourth-order valence-electron chi connectivity index (χ4n) is 3.51. The van der Waals surface area contributed by atoms with Crippen molar-refractivity contribution >= 4 is 28.7 Å². The second-order valence-corrected chi connectivity index (χ2v) is 6.83. The molecule has 0 saturated carbocycles. The number of nitrogens with zero attached hydrogens (tertiary/aromatic N) is 5. The van der Waals surface area contributed by atoms with E-state index in [9.17, 15) is 4.79 Å². The molecule has 7 heteroatoms. The van der Waals surface area contributed by atoms with Crippen molar-refractivity contribution in [2.45, 2.75) is 13.8 Å². The second kappa shape index (κ2) is 6.83. The van der Waals surface area contributed by atoms with Gasteiger partial charge in [-0.25, -0.2) is 4.98 Å². The molecule has 1 amide bonds. The predicted octanol–water partition coefficient (Wildman–Crippen LogP) is 2.19. The van der Waals surface area contributed by atoms with E-state index in [0.29, 0.717) is 49.2 Å². The number of rotatable bonds is 2. The average molecular weight is 362 g/mol. The number of carbonyl (C=O) groups excluding carboxylic acids is 1. The van der Waals surface area contributed by atoms with Gasteiger partial charge in [0.25, 0.3) is 5.91 Å². The molecule has 0 aliphatic carbocycles. The van der Waals surface area contributed by atoms with Crippen LogP contribution in [0.15, 0.2) is 36.4 Å². The monoisotopic (exact) mass is 362 g/mol. The summed E-state index contributed by atoms with van der Waals surface area (Å²) < 4.78 is 0. The Balaban J connectivity index is 1.54. The Morgan fingerprint density at radius 3 is 2.41 bits per heavy atom. The minimum Gasteiger partial charge on any atom is -0.383 e. The van der Waals surface area contributed by atoms with Crippen molar-refractivity contribution in [3.63, 3.8) is 0 Å². The summed E-state index contributed by atoms with van der Waals surface area (Å²) in [7, 11) is 0. The fourth-order valence-corrected chi connectivity index (χ4v) is 3.51. The molecule has 0 bridgehead atoms. The molecule has 27 heavy (non-hydrogen) atoms. The number of aryl methyl sites for hydroxylation is 2. The second-order valence-electron chi connectivity index (χ2n) is 6.83. The van der Waals surface area contributed by atoms with Crippen LogP contribution in [0.4, 0.5) is 11.8 Å². The predicted molar refractivity (Wildman–Crippen MR) is 106 cm³/mol. The number of carbonyl (C=O) groups is 1. The van der Waals surface area contributed by atoms with Crippen LogP contribution < -0.4 is 10.6 Å². The number of benzene rings is 1. The smallest absolute Gasteiger partial charge is 0.253 e. The third-order valence-corrected chi connectivity index (χ3v) is 4.88. The average Bonchev–Trinajstić information content (AvgIpc) is 2.67. The van der Waals surface area contributed by atoms with E-state index in [1.807, 2.05) is 55.1 Å². The van der Waals surface area contributed by atoms with Gasteiger partial charge in [-0.15, -0.1) is 0 Å². The summed E-state index contributed by atoms with van der Waals surface area (Å²) in [6.45, 7) is 6.50. The number of hydrogen-bond donors (Lipinski definition) is 1. The zero-order valence-corrected chi connectivity index (χ0v) is 15.5. The fraction of sp³-hybridized carbons (Fsp3) is 0.300. The first-order chi connectivity index (χ1) is 13.0. The number of anilines is 2. The van der Waals surface area contributed by atoms with Crippen molar-refractivity contribution in [1.82, 2.24) is 19.9 Å². The molecule has 1 aromatic carbocycles. The number of nitrogen functional groups attached to an aromatic ring is 1. The topological polar surface area (TPSA) is 88.2 Å². The Morgan fingerprint density at radius 2 is 1.70 bits per heavy atom. The molecule has 1 saturated heterocycles. The molecular weight excluding hydrogens is 340 g/mol. The molecule has 2 N–H and O–H groups in total. The molecule has 3 heterocycles. The maximum Gasteiger partial charge on any atom is 0.253 e. The highest BCUT2D eigenvalue weighted by atomic mass is 16.2. The van der Waals surface area contributed by atoms with Gasteiger partial charge >= 0.3 is 0 Å². The molecule has 4 rings (SSSR count). The normalized spacial score (nSPS) is 14.6. The van der Waals surface area contributed by atoms with E-state index >= 15 is 0 Å². The largest absolute Gasteiger partial charge is 0.383 e. The highest BCUT2D eigenvalue weighted by Gasteiger charge is 2.24. The third-order valence-electron chi connectivity index (χ3n) is 4.88. The Kier molecular flexibility index (Phi) is 4.35. The highest BCUT2D eigenvalue weighted by Crippen LogP contribution is 2.24. The van der Waals surface area contributed by atoms with Crippen LogP contribution in [-0.4, -0.2) is 51.9 Å². The van der Waals surface area contributed by atoms with E-state index in [1.54, 1.807) is 0 Å². The van der Waals surface area contributed by atoms with Crippen LogP contribution in [0.25, 0.3) is 11.0 Å². The summed E-state index contributed by atoms with van der Waals surface area (Å²) in [5, 5.41) is 0.808. The summed E-state index contributed by atoms with van der Waals surface area (Å²) in [6, 6.07) is 11.3. The van der Waals surface area contributed by atoms with Crippen molar-refractivity contribution in [3.8, 4) is 0 Å². The van der Waals surface area contributed by atoms with Crippen molar-refractivity contribution in [3.05, 3.63) is 53.2 Å². The van der Waals surface area contributed by atoms with Crippen LogP contribution in [0.1, 0.15) is 21.6 Å². The van der Waals surface area contributed by atoms with Crippen LogP contribution in [-0.2, 0) is 0 Å². The van der Waals surface area contributed by atoms with Crippen LogP contribution in [0, 0.1) is 13.8 Å². The zero-order chi connectivity index (χ0) is 19.0. The van der Waals surface area contributed by atoms with Crippen molar-refractivity contribution in [2.75, 3.05) is 36.8 Å². The summed E-state index contributed by atoms with van der Waals surface area (Å²) >= 11 is 0. The summed E-state index contributed by atoms with van der Waals surface area (Å²) in [6.07, 6.45) is 0. The van der Waals surface area contributed by atoms with Crippen molar-refractivity contribution in [2.24, 2.45) is 0 Å². The number of piperazine rings is 1. The van der Waals surface area contributed by atoms with Gasteiger partial charge in [0, 0.05) is 37.4 Å². The molecule has 0 radical (unpaired) electrons. The molecule has 0 unspecified atom stereocenters. The number of amides is 1. The van der Waals surface area contributed by atoms with Gasteiger partial charge in [0.05, 0.1) is 5.39 Å². The Bertz CT molecular complexity index is 996. The number of hydrogen-bond acceptors (Lipinski definition) is 6. The van der Waals surface area contributed by atoms with Gasteiger partial charge in [-0.2, -0.15) is 9.97 Å². The number of fused-ring (bicyclic) bond motifs is 1. The van der Waals surface area contributed by atoms with Crippen LogP contribution in [0.5, 0.6) is 0 Å².